The van der Waals surface area contributed by atoms with Crippen molar-refractivity contribution in [2.24, 2.45) is 0 Å². The summed E-state index contributed by atoms with van der Waals surface area (Å²) in [6, 6.07) is 5.66. The fraction of sp³-hybridized carbons (Fsp3) is 0.364. The fourth-order valence-electron chi connectivity index (χ4n) is 1.23. The summed E-state index contributed by atoms with van der Waals surface area (Å²) in [4.78, 5) is 11.5. The molecule has 0 saturated heterocycles. The summed E-state index contributed by atoms with van der Waals surface area (Å²) >= 11 is 0. The van der Waals surface area contributed by atoms with Gasteiger partial charge >= 0.3 is 0 Å². The van der Waals surface area contributed by atoms with Crippen LogP contribution < -0.4 is 0 Å². The maximum atomic E-state index is 11.5. The lowest BCUT2D eigenvalue weighted by molar-refractivity contribution is 0.0779. The van der Waals surface area contributed by atoms with Crippen LogP contribution in [0.25, 0.3) is 0 Å². The second-order valence-corrected chi connectivity index (χ2v) is 3.36. The lowest BCUT2D eigenvalue weighted by Crippen LogP contribution is -2.17. The van der Waals surface area contributed by atoms with Crippen molar-refractivity contribution in [1.29, 1.82) is 0 Å². The first-order valence-electron chi connectivity index (χ1n) is 4.32. The number of aliphatic hydroxyl groups is 1. The van der Waals surface area contributed by atoms with E-state index in [-0.39, 0.29) is 5.78 Å². The molecule has 0 aromatic heterocycles. The topological polar surface area (TPSA) is 37.3 Å². The fourth-order valence-corrected chi connectivity index (χ4v) is 1.23. The molecule has 0 heterocycles. The van der Waals surface area contributed by atoms with Gasteiger partial charge in [0, 0.05) is 5.56 Å². The first kappa shape index (κ1) is 9.93. The molecule has 1 rings (SSSR count). The Labute approximate surface area is 78.2 Å². The third-order valence-electron chi connectivity index (χ3n) is 2.04. The maximum Gasteiger partial charge on any atom is 0.191 e. The van der Waals surface area contributed by atoms with E-state index in [1.165, 1.54) is 6.92 Å². The number of ketones is 1. The van der Waals surface area contributed by atoms with Gasteiger partial charge in [-0.2, -0.15) is 0 Å². The van der Waals surface area contributed by atoms with Gasteiger partial charge in [-0.25, -0.2) is 0 Å². The highest BCUT2D eigenvalue weighted by Gasteiger charge is 2.13. The van der Waals surface area contributed by atoms with Crippen LogP contribution in [0.3, 0.4) is 0 Å². The highest BCUT2D eigenvalue weighted by atomic mass is 16.3. The third kappa shape index (κ3) is 2.16. The second-order valence-electron chi connectivity index (χ2n) is 3.36. The van der Waals surface area contributed by atoms with E-state index in [1.54, 1.807) is 0 Å². The lowest BCUT2D eigenvalue weighted by Gasteiger charge is -2.07. The number of carbonyl (C=O) groups excluding carboxylic acids is 1. The predicted molar refractivity (Wildman–Crippen MR) is 51.9 cm³/mol. The quantitative estimate of drug-likeness (QED) is 0.702. The van der Waals surface area contributed by atoms with Gasteiger partial charge in [0.15, 0.2) is 5.78 Å². The predicted octanol–water partition coefficient (Wildman–Crippen LogP) is 1.87. The zero-order chi connectivity index (χ0) is 10.0. The highest BCUT2D eigenvalue weighted by Crippen LogP contribution is 2.12. The normalized spacial score (nSPS) is 12.6. The number of aryl methyl sites for hydroxylation is 2. The lowest BCUT2D eigenvalue weighted by atomic mass is 10.00. The standard InChI is InChI=1S/C11H14O2/c1-7-4-5-8(2)10(6-7)11(13)9(3)12/h4-6,9,12H,1-3H3. The van der Waals surface area contributed by atoms with Crippen LogP contribution in [0.2, 0.25) is 0 Å². The van der Waals surface area contributed by atoms with Gasteiger partial charge in [-0.05, 0) is 32.4 Å². The zero-order valence-corrected chi connectivity index (χ0v) is 8.16. The second kappa shape index (κ2) is 3.71. The molecule has 1 unspecified atom stereocenters. The Morgan fingerprint density at radius 1 is 1.38 bits per heavy atom. The van der Waals surface area contributed by atoms with E-state index in [1.807, 2.05) is 32.0 Å². The van der Waals surface area contributed by atoms with E-state index in [9.17, 15) is 4.79 Å². The number of aliphatic hydroxyl groups excluding tert-OH is 1. The van der Waals surface area contributed by atoms with Crippen LogP contribution >= 0.6 is 0 Å². The Kier molecular flexibility index (Phi) is 2.83. The van der Waals surface area contributed by atoms with Crippen LogP contribution in [-0.4, -0.2) is 17.0 Å². The van der Waals surface area contributed by atoms with Crippen LogP contribution in [0.1, 0.15) is 28.4 Å². The minimum atomic E-state index is -0.916. The Morgan fingerprint density at radius 3 is 2.54 bits per heavy atom. The number of hydrogen-bond acceptors (Lipinski definition) is 2. The van der Waals surface area contributed by atoms with Crippen molar-refractivity contribution in [2.75, 3.05) is 0 Å². The van der Waals surface area contributed by atoms with Gasteiger partial charge in [0.25, 0.3) is 0 Å². The van der Waals surface area contributed by atoms with Crippen molar-refractivity contribution in [2.45, 2.75) is 26.9 Å². The molecular formula is C11H14O2. The van der Waals surface area contributed by atoms with Crippen molar-refractivity contribution >= 4 is 5.78 Å². The number of Topliss-reactive ketones (excluding diaryl/α,β-unsaturated/α-hetero) is 1. The molecule has 1 aromatic carbocycles. The van der Waals surface area contributed by atoms with Gasteiger partial charge in [0.1, 0.15) is 6.10 Å². The van der Waals surface area contributed by atoms with Crippen LogP contribution in [0.15, 0.2) is 18.2 Å². The largest absolute Gasteiger partial charge is 0.385 e. The molecular weight excluding hydrogens is 164 g/mol. The van der Waals surface area contributed by atoms with Crippen molar-refractivity contribution < 1.29 is 9.90 Å². The first-order valence-corrected chi connectivity index (χ1v) is 4.32. The molecule has 1 aromatic rings. The van der Waals surface area contributed by atoms with Gasteiger partial charge in [-0.1, -0.05) is 17.7 Å². The van der Waals surface area contributed by atoms with E-state index in [4.69, 9.17) is 5.11 Å². The van der Waals surface area contributed by atoms with Crippen LogP contribution in [0.4, 0.5) is 0 Å². The van der Waals surface area contributed by atoms with E-state index in [0.29, 0.717) is 5.56 Å². The summed E-state index contributed by atoms with van der Waals surface area (Å²) in [6.45, 7) is 5.29. The van der Waals surface area contributed by atoms with Gasteiger partial charge in [-0.15, -0.1) is 0 Å². The van der Waals surface area contributed by atoms with E-state index in [2.05, 4.69) is 0 Å². The highest BCUT2D eigenvalue weighted by molar-refractivity contribution is 6.00. The first-order chi connectivity index (χ1) is 6.02. The minimum absolute atomic E-state index is 0.207. The Balaban J connectivity index is 3.13. The number of carbonyl (C=O) groups is 1. The van der Waals surface area contributed by atoms with Gasteiger partial charge < -0.3 is 5.11 Å². The number of benzene rings is 1. The van der Waals surface area contributed by atoms with Crippen LogP contribution in [0, 0.1) is 13.8 Å². The monoisotopic (exact) mass is 178 g/mol. The molecule has 0 bridgehead atoms. The van der Waals surface area contributed by atoms with Crippen molar-refractivity contribution in [3.63, 3.8) is 0 Å². The summed E-state index contributed by atoms with van der Waals surface area (Å²) in [5.41, 5.74) is 2.57. The summed E-state index contributed by atoms with van der Waals surface area (Å²) < 4.78 is 0. The SMILES string of the molecule is Cc1ccc(C)c(C(=O)C(C)O)c1. The number of hydrogen-bond donors (Lipinski definition) is 1. The number of rotatable bonds is 2. The van der Waals surface area contributed by atoms with E-state index >= 15 is 0 Å². The molecule has 0 aliphatic heterocycles. The summed E-state index contributed by atoms with van der Waals surface area (Å²) in [7, 11) is 0. The molecule has 70 valence electrons. The molecule has 0 saturated carbocycles. The minimum Gasteiger partial charge on any atom is -0.385 e. The Hall–Kier alpha value is -1.15. The molecule has 0 aliphatic rings. The van der Waals surface area contributed by atoms with E-state index in [0.717, 1.165) is 11.1 Å². The Morgan fingerprint density at radius 2 is 2.00 bits per heavy atom. The maximum absolute atomic E-state index is 11.5. The molecule has 13 heavy (non-hydrogen) atoms. The van der Waals surface area contributed by atoms with Crippen LogP contribution in [0.5, 0.6) is 0 Å². The molecule has 1 atom stereocenters. The summed E-state index contributed by atoms with van der Waals surface area (Å²) in [5, 5.41) is 9.14. The van der Waals surface area contributed by atoms with E-state index < -0.39 is 6.10 Å². The Bertz CT molecular complexity index is 327. The molecule has 0 fully saturated rings. The molecule has 0 radical (unpaired) electrons. The molecule has 2 heteroatoms. The van der Waals surface area contributed by atoms with Crippen LogP contribution in [-0.2, 0) is 0 Å². The molecule has 2 nitrogen and oxygen atoms in total. The molecule has 1 N–H and O–H groups in total. The van der Waals surface area contributed by atoms with Crippen molar-refractivity contribution in [1.82, 2.24) is 0 Å². The van der Waals surface area contributed by atoms with Crippen molar-refractivity contribution in [3.05, 3.63) is 34.9 Å². The summed E-state index contributed by atoms with van der Waals surface area (Å²) in [5.74, 6) is -0.207. The molecule has 0 amide bonds. The van der Waals surface area contributed by atoms with Gasteiger partial charge in [0.05, 0.1) is 0 Å². The molecule has 0 aliphatic carbocycles. The third-order valence-corrected chi connectivity index (χ3v) is 2.04. The van der Waals surface area contributed by atoms with Gasteiger partial charge in [-0.3, -0.25) is 4.79 Å². The average molecular weight is 178 g/mol. The average Bonchev–Trinajstić information content (AvgIpc) is 2.08. The smallest absolute Gasteiger partial charge is 0.191 e. The van der Waals surface area contributed by atoms with Gasteiger partial charge in [0.2, 0.25) is 0 Å². The zero-order valence-electron chi connectivity index (χ0n) is 8.16. The van der Waals surface area contributed by atoms with Crippen molar-refractivity contribution in [3.8, 4) is 0 Å². The molecule has 0 spiro atoms. The summed E-state index contributed by atoms with van der Waals surface area (Å²) in [6.07, 6.45) is -0.916.